The first-order chi connectivity index (χ1) is 15.4. The van der Waals surface area contributed by atoms with E-state index in [-0.39, 0.29) is 12.1 Å². The van der Waals surface area contributed by atoms with Crippen LogP contribution in [0.4, 0.5) is 4.79 Å². The van der Waals surface area contributed by atoms with E-state index < -0.39 is 0 Å². The monoisotopic (exact) mass is 448 g/mol. The van der Waals surface area contributed by atoms with Crippen molar-refractivity contribution in [3.05, 3.63) is 0 Å². The van der Waals surface area contributed by atoms with Crippen LogP contribution >= 0.6 is 0 Å². The molecule has 0 saturated carbocycles. The lowest BCUT2D eigenvalue weighted by molar-refractivity contribution is -0.135. The Labute approximate surface area is 194 Å². The largest absolute Gasteiger partial charge is 0.339 e. The van der Waals surface area contributed by atoms with Crippen molar-refractivity contribution >= 4 is 11.9 Å². The Balaban J connectivity index is 1.17. The summed E-state index contributed by atoms with van der Waals surface area (Å²) >= 11 is 0. The summed E-state index contributed by atoms with van der Waals surface area (Å²) in [6.45, 7) is 16.9. The van der Waals surface area contributed by atoms with Crippen molar-refractivity contribution in [2.45, 2.75) is 64.6 Å². The molecule has 8 nitrogen and oxygen atoms in total. The van der Waals surface area contributed by atoms with Crippen LogP contribution in [0.15, 0.2) is 0 Å². The summed E-state index contributed by atoms with van der Waals surface area (Å²) < 4.78 is 0. The summed E-state index contributed by atoms with van der Waals surface area (Å²) in [5, 5.41) is 3.52. The van der Waals surface area contributed by atoms with Crippen LogP contribution in [0, 0.1) is 5.92 Å². The Bertz CT molecular complexity index is 636. The molecule has 3 unspecified atom stereocenters. The fraction of sp³-hybridized carbons (Fsp3) is 0.917. The van der Waals surface area contributed by atoms with Crippen molar-refractivity contribution in [1.82, 2.24) is 29.8 Å². The molecule has 4 aliphatic rings. The van der Waals surface area contributed by atoms with Gasteiger partial charge < -0.3 is 20.0 Å². The van der Waals surface area contributed by atoms with Crippen LogP contribution in [0.1, 0.15) is 46.5 Å². The molecule has 0 spiro atoms. The van der Waals surface area contributed by atoms with E-state index in [0.717, 1.165) is 97.7 Å². The number of urea groups is 1. The van der Waals surface area contributed by atoms with Crippen LogP contribution in [-0.4, -0.2) is 127 Å². The predicted octanol–water partition coefficient (Wildman–Crippen LogP) is 1.13. The van der Waals surface area contributed by atoms with Crippen molar-refractivity contribution in [1.29, 1.82) is 0 Å². The summed E-state index contributed by atoms with van der Waals surface area (Å²) in [6, 6.07) is 1.29. The summed E-state index contributed by atoms with van der Waals surface area (Å²) in [5.74, 6) is 0.859. The fourth-order valence-electron chi connectivity index (χ4n) is 5.95. The Morgan fingerprint density at radius 1 is 0.781 bits per heavy atom. The van der Waals surface area contributed by atoms with E-state index in [0.29, 0.717) is 23.9 Å². The maximum Gasteiger partial charge on any atom is 0.320 e. The molecule has 182 valence electrons. The van der Waals surface area contributed by atoms with Crippen molar-refractivity contribution in [2.24, 2.45) is 5.92 Å². The molecule has 4 fully saturated rings. The van der Waals surface area contributed by atoms with E-state index in [2.05, 4.69) is 40.8 Å². The Morgan fingerprint density at radius 3 is 1.97 bits per heavy atom. The van der Waals surface area contributed by atoms with Crippen molar-refractivity contribution in [3.8, 4) is 0 Å². The lowest BCUT2D eigenvalue weighted by Gasteiger charge is -2.40. The van der Waals surface area contributed by atoms with E-state index >= 15 is 0 Å². The normalized spacial score (nSPS) is 29.2. The zero-order valence-corrected chi connectivity index (χ0v) is 20.5. The van der Waals surface area contributed by atoms with Gasteiger partial charge in [-0.2, -0.15) is 0 Å². The van der Waals surface area contributed by atoms with Gasteiger partial charge in [0, 0.05) is 77.5 Å². The van der Waals surface area contributed by atoms with Crippen molar-refractivity contribution < 1.29 is 9.59 Å². The molecule has 32 heavy (non-hydrogen) atoms. The average molecular weight is 449 g/mol. The molecule has 4 heterocycles. The van der Waals surface area contributed by atoms with Crippen LogP contribution in [0.25, 0.3) is 0 Å². The maximum atomic E-state index is 13.0. The number of nitrogens with one attached hydrogen (secondary N) is 1. The van der Waals surface area contributed by atoms with Gasteiger partial charge in [0.25, 0.3) is 0 Å². The van der Waals surface area contributed by atoms with Gasteiger partial charge in [0.05, 0.1) is 6.04 Å². The lowest BCUT2D eigenvalue weighted by Crippen LogP contribution is -2.54. The van der Waals surface area contributed by atoms with E-state index in [1.54, 1.807) is 0 Å². The first-order valence-electron chi connectivity index (χ1n) is 13.0. The highest BCUT2D eigenvalue weighted by molar-refractivity contribution is 5.82. The molecule has 4 aliphatic heterocycles. The van der Waals surface area contributed by atoms with E-state index in [1.165, 1.54) is 0 Å². The van der Waals surface area contributed by atoms with E-state index in [9.17, 15) is 9.59 Å². The van der Waals surface area contributed by atoms with E-state index in [1.807, 2.05) is 9.80 Å². The zero-order valence-electron chi connectivity index (χ0n) is 20.5. The van der Waals surface area contributed by atoms with Gasteiger partial charge in [-0.25, -0.2) is 4.79 Å². The standard InChI is InChI=1S/C24H44N6O2/c1-19(2)26-8-12-28(13-9-26)23(31)22-17-21(18-25-22)16-20(3)27-10-14-30(15-11-27)24(32)29-6-4-5-7-29/h19-22,25H,4-18H2,1-3H3. The van der Waals surface area contributed by atoms with Crippen LogP contribution in [0.2, 0.25) is 0 Å². The van der Waals surface area contributed by atoms with Gasteiger partial charge >= 0.3 is 6.03 Å². The van der Waals surface area contributed by atoms with Crippen LogP contribution < -0.4 is 5.32 Å². The van der Waals surface area contributed by atoms with E-state index in [4.69, 9.17) is 0 Å². The molecule has 8 heteroatoms. The first kappa shape index (κ1) is 23.8. The minimum Gasteiger partial charge on any atom is -0.339 e. The number of carbonyl (C=O) groups is 2. The molecule has 0 aromatic heterocycles. The second-order valence-corrected chi connectivity index (χ2v) is 10.6. The van der Waals surface area contributed by atoms with Gasteiger partial charge in [0.1, 0.15) is 0 Å². The number of nitrogens with zero attached hydrogens (tertiary/aromatic N) is 5. The number of hydrogen-bond donors (Lipinski definition) is 1. The summed E-state index contributed by atoms with van der Waals surface area (Å²) in [6.07, 6.45) is 4.38. The average Bonchev–Trinajstić information content (AvgIpc) is 3.51. The third-order valence-corrected chi connectivity index (χ3v) is 8.14. The summed E-state index contributed by atoms with van der Waals surface area (Å²) in [5.41, 5.74) is 0. The number of amides is 3. The van der Waals surface area contributed by atoms with Gasteiger partial charge in [0.15, 0.2) is 0 Å². The highest BCUT2D eigenvalue weighted by atomic mass is 16.2. The molecule has 1 N–H and O–H groups in total. The molecule has 0 aromatic carbocycles. The smallest absolute Gasteiger partial charge is 0.320 e. The minimum absolute atomic E-state index is 0.00673. The quantitative estimate of drug-likeness (QED) is 0.683. The maximum absolute atomic E-state index is 13.0. The van der Waals surface area contributed by atoms with Crippen LogP contribution in [0.3, 0.4) is 0 Å². The third-order valence-electron chi connectivity index (χ3n) is 8.14. The predicted molar refractivity (Wildman–Crippen MR) is 127 cm³/mol. The molecule has 0 aliphatic carbocycles. The van der Waals surface area contributed by atoms with Gasteiger partial charge in [-0.1, -0.05) is 0 Å². The SMILES string of the molecule is CC(C)N1CCN(C(=O)C2CC(CC(C)N3CCN(C(=O)N4CCCC4)CC3)CN2)CC1. The third kappa shape index (κ3) is 5.57. The topological polar surface area (TPSA) is 62.4 Å². The second kappa shape index (κ2) is 10.7. The molecule has 3 atom stereocenters. The molecule has 0 bridgehead atoms. The highest BCUT2D eigenvalue weighted by Gasteiger charge is 2.35. The van der Waals surface area contributed by atoms with Gasteiger partial charge in [-0.3, -0.25) is 14.6 Å². The van der Waals surface area contributed by atoms with Crippen LogP contribution in [0.5, 0.6) is 0 Å². The molecular weight excluding hydrogens is 404 g/mol. The highest BCUT2D eigenvalue weighted by Crippen LogP contribution is 2.24. The molecule has 4 rings (SSSR count). The number of hydrogen-bond acceptors (Lipinski definition) is 5. The second-order valence-electron chi connectivity index (χ2n) is 10.6. The molecule has 0 aromatic rings. The van der Waals surface area contributed by atoms with Gasteiger partial charge in [0.2, 0.25) is 5.91 Å². The zero-order chi connectivity index (χ0) is 22.7. The van der Waals surface area contributed by atoms with Crippen molar-refractivity contribution in [3.63, 3.8) is 0 Å². The first-order valence-corrected chi connectivity index (χ1v) is 13.0. The summed E-state index contributed by atoms with van der Waals surface area (Å²) in [4.78, 5) is 36.8. The Hall–Kier alpha value is -1.38. The number of rotatable bonds is 5. The van der Waals surface area contributed by atoms with Crippen LogP contribution in [-0.2, 0) is 4.79 Å². The molecule has 0 radical (unpaired) electrons. The van der Waals surface area contributed by atoms with Gasteiger partial charge in [-0.15, -0.1) is 0 Å². The fourth-order valence-corrected chi connectivity index (χ4v) is 5.95. The Kier molecular flexibility index (Phi) is 7.95. The number of carbonyl (C=O) groups excluding carboxylic acids is 2. The summed E-state index contributed by atoms with van der Waals surface area (Å²) in [7, 11) is 0. The van der Waals surface area contributed by atoms with Crippen molar-refractivity contribution in [2.75, 3.05) is 72.0 Å². The molecule has 3 amide bonds. The minimum atomic E-state index is -0.00673. The Morgan fingerprint density at radius 2 is 1.34 bits per heavy atom. The molecule has 4 saturated heterocycles. The van der Waals surface area contributed by atoms with Gasteiger partial charge in [-0.05, 0) is 58.9 Å². The molecular formula is C24H44N6O2. The number of likely N-dealkylation sites (tertiary alicyclic amines) is 1. The number of piperazine rings is 2. The lowest BCUT2D eigenvalue weighted by atomic mass is 9.96.